The molecule has 0 radical (unpaired) electrons. The van der Waals surface area contributed by atoms with Gasteiger partial charge in [-0.15, -0.1) is 6.58 Å². The summed E-state index contributed by atoms with van der Waals surface area (Å²) >= 11 is 0. The van der Waals surface area contributed by atoms with E-state index in [1.807, 2.05) is 66.7 Å². The van der Waals surface area contributed by atoms with Crippen LogP contribution in [0.25, 0.3) is 0 Å². The normalized spacial score (nSPS) is 12.8. The average molecular weight is 735 g/mol. The molecule has 53 heavy (non-hydrogen) atoms. The third-order valence-electron chi connectivity index (χ3n) is 7.97. The van der Waals surface area contributed by atoms with Crippen molar-refractivity contribution >= 4 is 35.6 Å². The molecule has 4 N–H and O–H groups in total. The number of hydrogen-bond donors (Lipinski definition) is 4. The molecule has 0 unspecified atom stereocenters. The first-order valence-electron chi connectivity index (χ1n) is 18.1. The Labute approximate surface area is 314 Å². The van der Waals surface area contributed by atoms with Crippen LogP contribution < -0.4 is 21.3 Å². The molecule has 0 fully saturated rings. The number of esters is 2. The van der Waals surface area contributed by atoms with Gasteiger partial charge in [-0.05, 0) is 50.7 Å². The third kappa shape index (κ3) is 20.4. The molecule has 0 spiro atoms. The molecule has 0 aliphatic heterocycles. The second-order valence-corrected chi connectivity index (χ2v) is 12.5. The number of allylic oxidation sites excluding steroid dienone is 3. The van der Waals surface area contributed by atoms with Gasteiger partial charge in [-0.2, -0.15) is 0 Å². The Morgan fingerprint density at radius 2 is 1.04 bits per heavy atom. The van der Waals surface area contributed by atoms with E-state index < -0.39 is 47.9 Å². The largest absolute Gasteiger partial charge is 0.467 e. The molecule has 0 saturated heterocycles. The summed E-state index contributed by atoms with van der Waals surface area (Å²) in [6.07, 6.45) is 12.8. The molecule has 0 aliphatic carbocycles. The van der Waals surface area contributed by atoms with Crippen molar-refractivity contribution in [2.24, 2.45) is 0 Å². The van der Waals surface area contributed by atoms with Crippen LogP contribution in [0.5, 0.6) is 0 Å². The predicted octanol–water partition coefficient (Wildman–Crippen LogP) is 4.67. The number of nitrogens with one attached hydrogen (secondary N) is 4. The number of carbonyl (C=O) groups is 6. The molecule has 0 bridgehead atoms. The Balaban J connectivity index is 0.000000540. The third-order valence-corrected chi connectivity index (χ3v) is 7.97. The van der Waals surface area contributed by atoms with E-state index >= 15 is 0 Å². The van der Waals surface area contributed by atoms with Crippen molar-refractivity contribution in [1.29, 1.82) is 0 Å². The number of rotatable bonds is 22. The van der Waals surface area contributed by atoms with Gasteiger partial charge in [-0.1, -0.05) is 98.7 Å². The second-order valence-electron chi connectivity index (χ2n) is 12.5. The predicted molar refractivity (Wildman–Crippen MR) is 205 cm³/mol. The van der Waals surface area contributed by atoms with Gasteiger partial charge in [0.15, 0.2) is 0 Å². The summed E-state index contributed by atoms with van der Waals surface area (Å²) in [5.74, 6) is -2.34. The van der Waals surface area contributed by atoms with Gasteiger partial charge in [0.05, 0.1) is 14.2 Å². The molecule has 0 aromatic heterocycles. The fourth-order valence-corrected chi connectivity index (χ4v) is 4.92. The summed E-state index contributed by atoms with van der Waals surface area (Å²) in [6, 6.07) is 15.6. The molecule has 0 aliphatic rings. The molecule has 2 rings (SSSR count). The minimum Gasteiger partial charge on any atom is -0.467 e. The van der Waals surface area contributed by atoms with E-state index in [4.69, 9.17) is 9.47 Å². The highest BCUT2D eigenvalue weighted by Gasteiger charge is 2.26. The lowest BCUT2D eigenvalue weighted by atomic mass is 10.1. The van der Waals surface area contributed by atoms with Crippen LogP contribution >= 0.6 is 0 Å². The molecule has 290 valence electrons. The van der Waals surface area contributed by atoms with Crippen molar-refractivity contribution in [1.82, 2.24) is 21.3 Å². The highest BCUT2D eigenvalue weighted by molar-refractivity contribution is 5.91. The lowest BCUT2D eigenvalue weighted by Crippen LogP contribution is -2.51. The van der Waals surface area contributed by atoms with E-state index in [0.29, 0.717) is 32.1 Å². The van der Waals surface area contributed by atoms with Gasteiger partial charge in [0.25, 0.3) is 0 Å². The first-order valence-corrected chi connectivity index (χ1v) is 18.1. The van der Waals surface area contributed by atoms with Gasteiger partial charge in [0, 0.05) is 25.7 Å². The molecule has 12 nitrogen and oxygen atoms in total. The molecular formula is C41H58N4O8. The molecule has 2 aromatic carbocycles. The monoisotopic (exact) mass is 734 g/mol. The molecule has 2 aromatic rings. The Hall–Kier alpha value is -5.26. The van der Waals surface area contributed by atoms with Crippen LogP contribution in [0.3, 0.4) is 0 Å². The van der Waals surface area contributed by atoms with Crippen molar-refractivity contribution in [3.63, 3.8) is 0 Å². The van der Waals surface area contributed by atoms with E-state index in [9.17, 15) is 28.8 Å². The molecule has 12 heteroatoms. The smallest absolute Gasteiger partial charge is 0.328 e. The minimum atomic E-state index is -0.808. The molecular weight excluding hydrogens is 676 g/mol. The van der Waals surface area contributed by atoms with E-state index in [1.54, 1.807) is 19.9 Å². The first kappa shape index (κ1) is 45.8. The van der Waals surface area contributed by atoms with Crippen molar-refractivity contribution in [3.8, 4) is 0 Å². The Bertz CT molecular complexity index is 1450. The van der Waals surface area contributed by atoms with Crippen LogP contribution in [0.4, 0.5) is 0 Å². The number of carbonyl (C=O) groups excluding carboxylic acids is 6. The number of benzene rings is 2. The summed E-state index contributed by atoms with van der Waals surface area (Å²) in [6.45, 7) is 8.88. The van der Waals surface area contributed by atoms with Crippen LogP contribution in [0.1, 0.15) is 83.3 Å². The number of amides is 4. The number of hydrogen-bond acceptors (Lipinski definition) is 8. The van der Waals surface area contributed by atoms with Gasteiger partial charge in [-0.3, -0.25) is 19.2 Å². The zero-order valence-corrected chi connectivity index (χ0v) is 31.9. The van der Waals surface area contributed by atoms with Crippen molar-refractivity contribution in [3.05, 3.63) is 96.6 Å². The first-order chi connectivity index (χ1) is 25.4. The lowest BCUT2D eigenvalue weighted by Gasteiger charge is -2.20. The zero-order valence-electron chi connectivity index (χ0n) is 31.9. The number of methoxy groups -OCH3 is 2. The van der Waals surface area contributed by atoms with E-state index in [1.165, 1.54) is 33.5 Å². The average Bonchev–Trinajstić information content (AvgIpc) is 3.16. The van der Waals surface area contributed by atoms with Gasteiger partial charge in [0.2, 0.25) is 23.6 Å². The van der Waals surface area contributed by atoms with Crippen molar-refractivity contribution in [2.75, 3.05) is 14.2 Å². The number of unbranched alkanes of at least 4 members (excludes halogenated alkanes) is 3. The van der Waals surface area contributed by atoms with Crippen molar-refractivity contribution < 1.29 is 38.2 Å². The quantitative estimate of drug-likeness (QED) is 0.0769. The van der Waals surface area contributed by atoms with E-state index in [-0.39, 0.29) is 18.2 Å². The maximum Gasteiger partial charge on any atom is 0.328 e. The van der Waals surface area contributed by atoms with E-state index in [2.05, 4.69) is 40.8 Å². The van der Waals surface area contributed by atoms with Crippen LogP contribution in [0.15, 0.2) is 85.5 Å². The Kier molecular flexibility index (Phi) is 23.7. The van der Waals surface area contributed by atoms with Crippen LogP contribution in [-0.2, 0) is 51.1 Å². The standard InChI is InChI=1S/C23H34N2O4.C18H24N2O4/c1-4-5-6-7-8-9-13-16-21(26)24-18(2)22(27)25-20(23(28)29-3)17-19-14-11-10-12-15-19;1-4-5-11-16(21)19-13(2)17(22)20-15(18(23)24-3)12-14-9-7-6-8-10-14/h8-12,14-15,18,20H,4-7,13,16-17H2,1-3H3,(H,24,26)(H,25,27);4,6-10,13,15H,1,5,11-12H2,2-3H3,(H,19,21)(H,20,22)/t18-,20-;13-,15-/m00/s1. The summed E-state index contributed by atoms with van der Waals surface area (Å²) in [4.78, 5) is 72.3. The van der Waals surface area contributed by atoms with Crippen LogP contribution in [0.2, 0.25) is 0 Å². The number of ether oxygens (including phenoxy) is 2. The van der Waals surface area contributed by atoms with Crippen LogP contribution in [-0.4, -0.2) is 74.0 Å². The highest BCUT2D eigenvalue weighted by atomic mass is 16.5. The van der Waals surface area contributed by atoms with Gasteiger partial charge in [0.1, 0.15) is 24.2 Å². The Morgan fingerprint density at radius 1 is 0.623 bits per heavy atom. The summed E-state index contributed by atoms with van der Waals surface area (Å²) in [7, 11) is 2.56. The molecule has 0 heterocycles. The summed E-state index contributed by atoms with van der Waals surface area (Å²) in [5, 5.41) is 10.6. The Morgan fingerprint density at radius 3 is 1.43 bits per heavy atom. The fraction of sp³-hybridized carbons (Fsp3) is 0.463. The minimum absolute atomic E-state index is 0.191. The maximum atomic E-state index is 12.4. The molecule has 4 atom stereocenters. The summed E-state index contributed by atoms with van der Waals surface area (Å²) in [5.41, 5.74) is 1.81. The molecule has 4 amide bonds. The van der Waals surface area contributed by atoms with Crippen LogP contribution in [0, 0.1) is 0 Å². The maximum absolute atomic E-state index is 12.4. The molecule has 0 saturated carbocycles. The topological polar surface area (TPSA) is 169 Å². The SMILES string of the molecule is C=CCCC(=O)N[C@@H](C)C(=O)N[C@@H](Cc1ccccc1)C(=O)OC.CCCCCC=CCCC(=O)N[C@@H](C)C(=O)N[C@@H](Cc1ccccc1)C(=O)OC. The van der Waals surface area contributed by atoms with Gasteiger partial charge < -0.3 is 30.7 Å². The summed E-state index contributed by atoms with van der Waals surface area (Å²) < 4.78 is 9.55. The fourth-order valence-electron chi connectivity index (χ4n) is 4.92. The van der Waals surface area contributed by atoms with Gasteiger partial charge in [-0.25, -0.2) is 9.59 Å². The highest BCUT2D eigenvalue weighted by Crippen LogP contribution is 2.07. The van der Waals surface area contributed by atoms with E-state index in [0.717, 1.165) is 17.5 Å². The zero-order chi connectivity index (χ0) is 39.4. The van der Waals surface area contributed by atoms with Crippen molar-refractivity contribution in [2.45, 2.75) is 109 Å². The van der Waals surface area contributed by atoms with Gasteiger partial charge >= 0.3 is 11.9 Å². The lowest BCUT2D eigenvalue weighted by molar-refractivity contribution is -0.145. The second kappa shape index (κ2) is 27.4.